The van der Waals surface area contributed by atoms with Gasteiger partial charge in [-0.05, 0) is 56.4 Å². The van der Waals surface area contributed by atoms with E-state index in [4.69, 9.17) is 9.47 Å². The van der Waals surface area contributed by atoms with E-state index in [0.717, 1.165) is 47.5 Å². The maximum absolute atomic E-state index is 13.2. The number of fused-ring (bicyclic) bond motifs is 1. The smallest absolute Gasteiger partial charge is 0.261 e. The van der Waals surface area contributed by atoms with Crippen LogP contribution in [0.15, 0.2) is 42.5 Å². The number of carbonyl (C=O) groups is 1. The molecule has 1 heterocycles. The molecule has 2 aromatic carbocycles. The van der Waals surface area contributed by atoms with Gasteiger partial charge in [0.15, 0.2) is 6.10 Å². The van der Waals surface area contributed by atoms with Gasteiger partial charge in [-0.1, -0.05) is 51.1 Å². The number of hydrogen-bond acceptors (Lipinski definition) is 3. The molecule has 4 heteroatoms. The molecule has 1 N–H and O–H groups in total. The Labute approximate surface area is 174 Å². The zero-order valence-electron chi connectivity index (χ0n) is 18.2. The highest BCUT2D eigenvalue weighted by molar-refractivity contribution is 5.81. The molecule has 0 bridgehead atoms. The molecule has 0 unspecified atom stereocenters. The average molecular weight is 396 g/mol. The van der Waals surface area contributed by atoms with Crippen LogP contribution in [0.3, 0.4) is 0 Å². The highest BCUT2D eigenvalue weighted by Gasteiger charge is 2.39. The molecule has 4 nitrogen and oxygen atoms in total. The van der Waals surface area contributed by atoms with Crippen LogP contribution >= 0.6 is 0 Å². The van der Waals surface area contributed by atoms with Gasteiger partial charge in [-0.3, -0.25) is 4.79 Å². The van der Waals surface area contributed by atoms with Gasteiger partial charge in [0, 0.05) is 12.0 Å². The largest absolute Gasteiger partial charge is 0.487 e. The van der Waals surface area contributed by atoms with E-state index in [1.165, 1.54) is 0 Å². The fourth-order valence-corrected chi connectivity index (χ4v) is 4.02. The molecule has 0 aromatic heterocycles. The van der Waals surface area contributed by atoms with Crippen molar-refractivity contribution in [2.24, 2.45) is 0 Å². The lowest BCUT2D eigenvalue weighted by Gasteiger charge is -2.42. The number of carbonyl (C=O) groups excluding carboxylic acids is 1. The van der Waals surface area contributed by atoms with E-state index in [2.05, 4.69) is 32.2 Å². The summed E-state index contributed by atoms with van der Waals surface area (Å²) < 4.78 is 12.5. The summed E-state index contributed by atoms with van der Waals surface area (Å²) >= 11 is 0. The Hall–Kier alpha value is -2.49. The molecule has 2 atom stereocenters. The molecule has 1 aliphatic rings. The van der Waals surface area contributed by atoms with E-state index in [1.807, 2.05) is 50.2 Å². The van der Waals surface area contributed by atoms with Crippen molar-refractivity contribution in [3.63, 3.8) is 0 Å². The minimum atomic E-state index is -0.525. The van der Waals surface area contributed by atoms with Crippen LogP contribution in [-0.2, 0) is 4.79 Å². The van der Waals surface area contributed by atoms with Crippen molar-refractivity contribution in [1.29, 1.82) is 0 Å². The fraction of sp³-hybridized carbons (Fsp3) is 0.480. The van der Waals surface area contributed by atoms with Crippen LogP contribution < -0.4 is 14.8 Å². The standard InChI is InChI=1S/C25H33NO3/c1-6-21(28-22-15-11-12-17(4)18(22)5)24(27)26-20-16-25(7-2,8-3)29-23-14-10-9-13-19(20)23/h9-15,20-21H,6-8,16H2,1-5H3,(H,26,27)/t20-,21-/m1/s1. The summed E-state index contributed by atoms with van der Waals surface area (Å²) in [6, 6.07) is 13.9. The number of para-hydroxylation sites is 1. The number of ether oxygens (including phenoxy) is 2. The van der Waals surface area contributed by atoms with Crippen LogP contribution in [0.4, 0.5) is 0 Å². The van der Waals surface area contributed by atoms with Crippen LogP contribution in [0.5, 0.6) is 11.5 Å². The van der Waals surface area contributed by atoms with Gasteiger partial charge in [-0.2, -0.15) is 0 Å². The lowest BCUT2D eigenvalue weighted by molar-refractivity contribution is -0.129. The first-order chi connectivity index (χ1) is 13.9. The van der Waals surface area contributed by atoms with Crippen molar-refractivity contribution in [2.75, 3.05) is 0 Å². The summed E-state index contributed by atoms with van der Waals surface area (Å²) in [4.78, 5) is 13.2. The molecule has 0 saturated carbocycles. The normalized spacial score (nSPS) is 18.3. The van der Waals surface area contributed by atoms with E-state index in [9.17, 15) is 4.79 Å². The highest BCUT2D eigenvalue weighted by atomic mass is 16.5. The van der Waals surface area contributed by atoms with Gasteiger partial charge >= 0.3 is 0 Å². The third-order valence-electron chi connectivity index (χ3n) is 6.29. The zero-order valence-corrected chi connectivity index (χ0v) is 18.2. The quantitative estimate of drug-likeness (QED) is 0.658. The first-order valence-corrected chi connectivity index (χ1v) is 10.7. The van der Waals surface area contributed by atoms with E-state index < -0.39 is 6.10 Å². The minimum Gasteiger partial charge on any atom is -0.487 e. The Morgan fingerprint density at radius 1 is 1.14 bits per heavy atom. The van der Waals surface area contributed by atoms with Crippen LogP contribution in [-0.4, -0.2) is 17.6 Å². The molecule has 0 spiro atoms. The topological polar surface area (TPSA) is 47.6 Å². The Bertz CT molecular complexity index is 857. The second-order valence-electron chi connectivity index (χ2n) is 8.01. The average Bonchev–Trinajstić information content (AvgIpc) is 2.74. The first kappa shape index (κ1) is 21.2. The maximum atomic E-state index is 13.2. The van der Waals surface area contributed by atoms with Crippen molar-refractivity contribution < 1.29 is 14.3 Å². The highest BCUT2D eigenvalue weighted by Crippen LogP contribution is 2.42. The summed E-state index contributed by atoms with van der Waals surface area (Å²) in [5.41, 5.74) is 3.03. The third-order valence-corrected chi connectivity index (χ3v) is 6.29. The van der Waals surface area contributed by atoms with Crippen molar-refractivity contribution in [3.8, 4) is 11.5 Å². The van der Waals surface area contributed by atoms with Gasteiger partial charge in [0.2, 0.25) is 0 Å². The van der Waals surface area contributed by atoms with E-state index in [1.54, 1.807) is 0 Å². The molecule has 0 aliphatic carbocycles. The molecular formula is C25H33NO3. The predicted octanol–water partition coefficient (Wildman–Crippen LogP) is 5.66. The van der Waals surface area contributed by atoms with Crippen LogP contribution in [0.2, 0.25) is 0 Å². The van der Waals surface area contributed by atoms with Gasteiger partial charge in [-0.25, -0.2) is 0 Å². The van der Waals surface area contributed by atoms with Gasteiger partial charge in [-0.15, -0.1) is 0 Å². The number of amides is 1. The van der Waals surface area contributed by atoms with Gasteiger partial charge in [0.25, 0.3) is 5.91 Å². The van der Waals surface area contributed by atoms with Crippen LogP contribution in [0.1, 0.15) is 69.2 Å². The number of benzene rings is 2. The molecule has 1 aliphatic heterocycles. The number of aryl methyl sites for hydroxylation is 1. The molecule has 0 fully saturated rings. The van der Waals surface area contributed by atoms with Gasteiger partial charge in [0.05, 0.1) is 6.04 Å². The zero-order chi connectivity index (χ0) is 21.0. The Kier molecular flexibility index (Phi) is 6.51. The second kappa shape index (κ2) is 8.89. The summed E-state index contributed by atoms with van der Waals surface area (Å²) in [5, 5.41) is 3.26. The summed E-state index contributed by atoms with van der Waals surface area (Å²) in [6.07, 6.45) is 2.66. The van der Waals surface area contributed by atoms with Crippen LogP contribution in [0, 0.1) is 13.8 Å². The summed E-state index contributed by atoms with van der Waals surface area (Å²) in [5.74, 6) is 1.57. The minimum absolute atomic E-state index is 0.0729. The summed E-state index contributed by atoms with van der Waals surface area (Å²) in [6.45, 7) is 10.4. The number of hydrogen-bond donors (Lipinski definition) is 1. The van der Waals surface area contributed by atoms with E-state index >= 15 is 0 Å². The second-order valence-corrected chi connectivity index (χ2v) is 8.01. The molecule has 2 aromatic rings. The van der Waals surface area contributed by atoms with Gasteiger partial charge < -0.3 is 14.8 Å². The van der Waals surface area contributed by atoms with Crippen molar-refractivity contribution in [1.82, 2.24) is 5.32 Å². The Morgan fingerprint density at radius 3 is 2.55 bits per heavy atom. The molecule has 3 rings (SSSR count). The van der Waals surface area contributed by atoms with Crippen LogP contribution in [0.25, 0.3) is 0 Å². The molecule has 156 valence electrons. The fourth-order valence-electron chi connectivity index (χ4n) is 4.02. The predicted molar refractivity (Wildman–Crippen MR) is 117 cm³/mol. The van der Waals surface area contributed by atoms with Crippen molar-refractivity contribution in [3.05, 3.63) is 59.2 Å². The molecule has 1 amide bonds. The molecular weight excluding hydrogens is 362 g/mol. The SMILES string of the molecule is CC[C@@H](Oc1cccc(C)c1C)C(=O)N[C@@H]1CC(CC)(CC)Oc2ccccc21. The lowest BCUT2D eigenvalue weighted by Crippen LogP contribution is -2.47. The van der Waals surface area contributed by atoms with E-state index in [-0.39, 0.29) is 17.6 Å². The first-order valence-electron chi connectivity index (χ1n) is 10.7. The van der Waals surface area contributed by atoms with Gasteiger partial charge in [0.1, 0.15) is 17.1 Å². The lowest BCUT2D eigenvalue weighted by atomic mass is 9.83. The van der Waals surface area contributed by atoms with E-state index in [0.29, 0.717) is 6.42 Å². The molecule has 0 saturated heterocycles. The van der Waals surface area contributed by atoms with Crippen molar-refractivity contribution >= 4 is 5.91 Å². The monoisotopic (exact) mass is 395 g/mol. The molecule has 29 heavy (non-hydrogen) atoms. The number of nitrogens with one attached hydrogen (secondary N) is 1. The Balaban J connectivity index is 1.81. The third kappa shape index (κ3) is 4.42. The Morgan fingerprint density at radius 2 is 1.86 bits per heavy atom. The molecule has 0 radical (unpaired) electrons. The maximum Gasteiger partial charge on any atom is 0.261 e. The van der Waals surface area contributed by atoms with Crippen molar-refractivity contribution in [2.45, 2.75) is 78.0 Å². The summed E-state index contributed by atoms with van der Waals surface area (Å²) in [7, 11) is 0. The number of rotatable bonds is 7.